The zero-order valence-corrected chi connectivity index (χ0v) is 9.05. The number of aromatic nitrogens is 1. The molecule has 1 N–H and O–H groups in total. The highest BCUT2D eigenvalue weighted by Crippen LogP contribution is 2.14. The molecule has 0 aliphatic rings. The monoisotopic (exact) mass is 219 g/mol. The summed E-state index contributed by atoms with van der Waals surface area (Å²) in [6.45, 7) is 3.07. The number of anilines is 1. The first-order valence-electron chi connectivity index (χ1n) is 5.00. The molecule has 0 amide bonds. The maximum absolute atomic E-state index is 10.5. The van der Waals surface area contributed by atoms with Crippen molar-refractivity contribution >= 4 is 11.7 Å². The molecule has 16 heavy (non-hydrogen) atoms. The van der Waals surface area contributed by atoms with Gasteiger partial charge >= 0.3 is 5.97 Å². The zero-order chi connectivity index (χ0) is 12.0. The molecule has 1 aromatic heterocycles. The molecule has 1 rings (SSSR count). The Bertz CT molecular complexity index is 412. The number of carboxylic acids is 1. The molecule has 5 heteroatoms. The topological polar surface area (TPSA) is 77.2 Å². The van der Waals surface area contributed by atoms with Gasteiger partial charge in [0.15, 0.2) is 0 Å². The summed E-state index contributed by atoms with van der Waals surface area (Å²) in [4.78, 5) is 16.2. The molecule has 0 aliphatic heterocycles. The maximum Gasteiger partial charge on any atom is 0.305 e. The lowest BCUT2D eigenvalue weighted by Gasteiger charge is -2.21. The molecule has 84 valence electrons. The molecule has 0 aromatic carbocycles. The van der Waals surface area contributed by atoms with Gasteiger partial charge in [0.25, 0.3) is 0 Å². The number of carbonyl (C=O) groups is 1. The van der Waals surface area contributed by atoms with Gasteiger partial charge in [0.1, 0.15) is 11.8 Å². The van der Waals surface area contributed by atoms with Gasteiger partial charge in [0.2, 0.25) is 0 Å². The van der Waals surface area contributed by atoms with Gasteiger partial charge in [-0.2, -0.15) is 5.26 Å². The Hall–Kier alpha value is -2.09. The van der Waals surface area contributed by atoms with Gasteiger partial charge in [-0.1, -0.05) is 0 Å². The Kier molecular flexibility index (Phi) is 4.28. The highest BCUT2D eigenvalue weighted by molar-refractivity contribution is 5.67. The molecule has 0 fully saturated rings. The molecule has 1 aromatic rings. The van der Waals surface area contributed by atoms with Crippen LogP contribution in [0.4, 0.5) is 5.69 Å². The Morgan fingerprint density at radius 1 is 1.69 bits per heavy atom. The number of aliphatic carboxylic acids is 1. The summed E-state index contributed by atoms with van der Waals surface area (Å²) in [5.41, 5.74) is 1.17. The van der Waals surface area contributed by atoms with Crippen molar-refractivity contribution in [2.24, 2.45) is 0 Å². The molecule has 0 saturated carbocycles. The van der Waals surface area contributed by atoms with Crippen molar-refractivity contribution in [2.45, 2.75) is 13.3 Å². The van der Waals surface area contributed by atoms with E-state index in [1.807, 2.05) is 17.9 Å². The minimum absolute atomic E-state index is 0.0814. The zero-order valence-electron chi connectivity index (χ0n) is 9.05. The highest BCUT2D eigenvalue weighted by atomic mass is 16.4. The van der Waals surface area contributed by atoms with Crippen LogP contribution in [0.1, 0.15) is 19.0 Å². The molecule has 0 radical (unpaired) electrons. The van der Waals surface area contributed by atoms with E-state index >= 15 is 0 Å². The molecule has 0 aliphatic carbocycles. The van der Waals surface area contributed by atoms with Crippen LogP contribution in [-0.2, 0) is 4.79 Å². The average molecular weight is 219 g/mol. The summed E-state index contributed by atoms with van der Waals surface area (Å²) in [5, 5.41) is 17.3. The first-order chi connectivity index (χ1) is 7.67. The Balaban J connectivity index is 2.78. The minimum atomic E-state index is -0.826. The normalized spacial score (nSPS) is 9.50. The van der Waals surface area contributed by atoms with Crippen molar-refractivity contribution in [3.8, 4) is 6.07 Å². The van der Waals surface area contributed by atoms with Gasteiger partial charge in [0.05, 0.1) is 6.42 Å². The third-order valence-corrected chi connectivity index (χ3v) is 2.20. The van der Waals surface area contributed by atoms with Crippen LogP contribution in [0.25, 0.3) is 0 Å². The van der Waals surface area contributed by atoms with E-state index in [-0.39, 0.29) is 6.42 Å². The van der Waals surface area contributed by atoms with Crippen LogP contribution in [0, 0.1) is 11.3 Å². The largest absolute Gasteiger partial charge is 0.481 e. The number of hydrogen-bond donors (Lipinski definition) is 1. The number of hydrogen-bond acceptors (Lipinski definition) is 4. The van der Waals surface area contributed by atoms with Crippen LogP contribution in [0.15, 0.2) is 18.3 Å². The van der Waals surface area contributed by atoms with Gasteiger partial charge in [-0.3, -0.25) is 4.79 Å². The summed E-state index contributed by atoms with van der Waals surface area (Å²) >= 11 is 0. The van der Waals surface area contributed by atoms with Crippen LogP contribution in [-0.4, -0.2) is 29.1 Å². The predicted octanol–water partition coefficient (Wildman–Crippen LogP) is 1.25. The van der Waals surface area contributed by atoms with Gasteiger partial charge < -0.3 is 10.0 Å². The molecule has 0 saturated heterocycles. The lowest BCUT2D eigenvalue weighted by atomic mass is 10.2. The lowest BCUT2D eigenvalue weighted by Crippen LogP contribution is -2.25. The first-order valence-corrected chi connectivity index (χ1v) is 5.00. The summed E-state index contributed by atoms with van der Waals surface area (Å²) in [5.74, 6) is -0.826. The number of rotatable bonds is 5. The number of nitriles is 1. The van der Waals surface area contributed by atoms with E-state index in [0.717, 1.165) is 5.69 Å². The third kappa shape index (κ3) is 3.24. The van der Waals surface area contributed by atoms with Crippen LogP contribution in [0.2, 0.25) is 0 Å². The molecule has 0 bridgehead atoms. The van der Waals surface area contributed by atoms with Crippen LogP contribution in [0.3, 0.4) is 0 Å². The standard InChI is InChI=1S/C11H13N3O2/c1-2-14(6-4-11(15)16)10-3-5-13-9(7-10)8-12/h3,5,7H,2,4,6H2,1H3,(H,15,16). The van der Waals surface area contributed by atoms with E-state index in [1.165, 1.54) is 0 Å². The molecule has 1 heterocycles. The second-order valence-corrected chi connectivity index (χ2v) is 3.23. The Morgan fingerprint density at radius 3 is 3.00 bits per heavy atom. The van der Waals surface area contributed by atoms with E-state index < -0.39 is 5.97 Å². The fraction of sp³-hybridized carbons (Fsp3) is 0.364. The minimum Gasteiger partial charge on any atom is -0.481 e. The Morgan fingerprint density at radius 2 is 2.44 bits per heavy atom. The van der Waals surface area contributed by atoms with Crippen LogP contribution < -0.4 is 4.90 Å². The summed E-state index contributed by atoms with van der Waals surface area (Å²) in [6, 6.07) is 5.39. The SMILES string of the molecule is CCN(CCC(=O)O)c1ccnc(C#N)c1. The molecular formula is C11H13N3O2. The van der Waals surface area contributed by atoms with E-state index in [4.69, 9.17) is 10.4 Å². The second kappa shape index (κ2) is 5.71. The number of pyridine rings is 1. The number of nitrogens with zero attached hydrogens (tertiary/aromatic N) is 3. The predicted molar refractivity (Wildman–Crippen MR) is 59.1 cm³/mol. The fourth-order valence-corrected chi connectivity index (χ4v) is 1.38. The maximum atomic E-state index is 10.5. The van der Waals surface area contributed by atoms with Crippen molar-refractivity contribution in [3.63, 3.8) is 0 Å². The van der Waals surface area contributed by atoms with Gasteiger partial charge in [-0.15, -0.1) is 0 Å². The smallest absolute Gasteiger partial charge is 0.305 e. The average Bonchev–Trinajstić information content (AvgIpc) is 2.30. The molecular weight excluding hydrogens is 206 g/mol. The van der Waals surface area contributed by atoms with Crippen LogP contribution >= 0.6 is 0 Å². The van der Waals surface area contributed by atoms with E-state index in [1.54, 1.807) is 18.3 Å². The van der Waals surface area contributed by atoms with Crippen molar-refractivity contribution in [3.05, 3.63) is 24.0 Å². The summed E-state index contributed by atoms with van der Waals surface area (Å²) in [7, 11) is 0. The first kappa shape index (κ1) is 12.0. The molecule has 0 atom stereocenters. The van der Waals surface area contributed by atoms with Gasteiger partial charge in [-0.25, -0.2) is 4.98 Å². The summed E-state index contributed by atoms with van der Waals surface area (Å²) in [6.07, 6.45) is 1.63. The molecule has 5 nitrogen and oxygen atoms in total. The highest BCUT2D eigenvalue weighted by Gasteiger charge is 2.07. The lowest BCUT2D eigenvalue weighted by molar-refractivity contribution is -0.136. The van der Waals surface area contributed by atoms with Crippen molar-refractivity contribution in [2.75, 3.05) is 18.0 Å². The van der Waals surface area contributed by atoms with E-state index in [0.29, 0.717) is 18.8 Å². The second-order valence-electron chi connectivity index (χ2n) is 3.23. The van der Waals surface area contributed by atoms with E-state index in [2.05, 4.69) is 4.98 Å². The molecule has 0 unspecified atom stereocenters. The fourth-order valence-electron chi connectivity index (χ4n) is 1.38. The Labute approximate surface area is 93.9 Å². The van der Waals surface area contributed by atoms with Crippen molar-refractivity contribution in [1.29, 1.82) is 5.26 Å². The van der Waals surface area contributed by atoms with Crippen molar-refractivity contribution in [1.82, 2.24) is 4.98 Å². The van der Waals surface area contributed by atoms with Gasteiger partial charge in [-0.05, 0) is 19.1 Å². The summed E-state index contributed by atoms with van der Waals surface area (Å²) < 4.78 is 0. The van der Waals surface area contributed by atoms with Crippen molar-refractivity contribution < 1.29 is 9.90 Å². The molecule has 0 spiro atoms. The van der Waals surface area contributed by atoms with E-state index in [9.17, 15) is 4.79 Å². The third-order valence-electron chi connectivity index (χ3n) is 2.20. The van der Waals surface area contributed by atoms with Gasteiger partial charge in [0, 0.05) is 25.0 Å². The quantitative estimate of drug-likeness (QED) is 0.806. The number of carboxylic acid groups (broad SMARTS) is 1. The van der Waals surface area contributed by atoms with Crippen LogP contribution in [0.5, 0.6) is 0 Å².